The fourth-order valence-electron chi connectivity index (χ4n) is 4.60. The van der Waals surface area contributed by atoms with Gasteiger partial charge >= 0.3 is 0 Å². The van der Waals surface area contributed by atoms with Crippen molar-refractivity contribution in [3.8, 4) is 5.75 Å². The molecule has 2 aromatic carbocycles. The van der Waals surface area contributed by atoms with Crippen molar-refractivity contribution in [3.63, 3.8) is 0 Å². The lowest BCUT2D eigenvalue weighted by Crippen LogP contribution is -2.35. The second-order valence-electron chi connectivity index (χ2n) is 8.44. The van der Waals surface area contributed by atoms with E-state index in [2.05, 4.69) is 5.32 Å². The summed E-state index contributed by atoms with van der Waals surface area (Å²) in [7, 11) is -2.15. The van der Waals surface area contributed by atoms with E-state index in [0.29, 0.717) is 36.0 Å². The fraction of sp³-hybridized carbons (Fsp3) is 0.458. The maximum atomic E-state index is 13.3. The summed E-state index contributed by atoms with van der Waals surface area (Å²) in [5.41, 5.74) is 2.27. The number of aryl methyl sites for hydroxylation is 1. The van der Waals surface area contributed by atoms with Crippen LogP contribution >= 0.6 is 0 Å². The first kappa shape index (κ1) is 21.7. The predicted octanol–water partition coefficient (Wildman–Crippen LogP) is 4.75. The molecule has 1 heterocycles. The highest BCUT2D eigenvalue weighted by molar-refractivity contribution is 7.92. The van der Waals surface area contributed by atoms with Crippen molar-refractivity contribution in [1.29, 1.82) is 0 Å². The van der Waals surface area contributed by atoms with E-state index in [4.69, 9.17) is 4.74 Å². The third kappa shape index (κ3) is 4.87. The molecular formula is C24H30N2O4S. The highest BCUT2D eigenvalue weighted by atomic mass is 32.2. The van der Waals surface area contributed by atoms with Gasteiger partial charge in [-0.05, 0) is 67.1 Å². The minimum atomic E-state index is -3.70. The summed E-state index contributed by atoms with van der Waals surface area (Å²) in [5.74, 6) is 1.27. The van der Waals surface area contributed by atoms with E-state index >= 15 is 0 Å². The predicted molar refractivity (Wildman–Crippen MR) is 122 cm³/mol. The number of nitrogens with zero attached hydrogens (tertiary/aromatic N) is 1. The van der Waals surface area contributed by atoms with Gasteiger partial charge in [-0.15, -0.1) is 0 Å². The third-order valence-corrected chi connectivity index (χ3v) is 8.17. The van der Waals surface area contributed by atoms with Crippen LogP contribution in [0.4, 0.5) is 11.4 Å². The third-order valence-electron chi connectivity index (χ3n) is 6.35. The van der Waals surface area contributed by atoms with Gasteiger partial charge in [0.15, 0.2) is 0 Å². The van der Waals surface area contributed by atoms with Crippen molar-refractivity contribution in [2.75, 3.05) is 23.3 Å². The van der Waals surface area contributed by atoms with Crippen LogP contribution in [-0.2, 0) is 21.2 Å². The van der Waals surface area contributed by atoms with Crippen molar-refractivity contribution < 1.29 is 17.9 Å². The molecule has 0 spiro atoms. The van der Waals surface area contributed by atoms with Crippen LogP contribution in [-0.4, -0.2) is 28.0 Å². The lowest BCUT2D eigenvalue weighted by Gasteiger charge is -2.31. The smallest absolute Gasteiger partial charge is 0.264 e. The topological polar surface area (TPSA) is 75.7 Å². The Balaban J connectivity index is 1.52. The van der Waals surface area contributed by atoms with Gasteiger partial charge in [-0.3, -0.25) is 9.10 Å². The standard InChI is InChI=1S/C24H30N2O4S/c1-30-21-11-13-22(14-12-21)31(28,29)26-16-4-7-19-9-10-20(17-23(19)26)25-24(27)15-8-18-5-2-3-6-18/h9-14,17-18H,2-8,15-16H2,1H3,(H,25,27). The van der Waals surface area contributed by atoms with Gasteiger partial charge < -0.3 is 10.1 Å². The van der Waals surface area contributed by atoms with Crippen molar-refractivity contribution >= 4 is 27.3 Å². The Hall–Kier alpha value is -2.54. The number of benzene rings is 2. The largest absolute Gasteiger partial charge is 0.497 e. The minimum Gasteiger partial charge on any atom is -0.497 e. The summed E-state index contributed by atoms with van der Waals surface area (Å²) < 4.78 is 33.3. The molecule has 0 saturated heterocycles. The number of fused-ring (bicyclic) bond motifs is 1. The molecular weight excluding hydrogens is 412 g/mol. The molecule has 2 aliphatic rings. The average Bonchev–Trinajstić information content (AvgIpc) is 3.31. The monoisotopic (exact) mass is 442 g/mol. The molecule has 1 saturated carbocycles. The van der Waals surface area contributed by atoms with E-state index in [9.17, 15) is 13.2 Å². The Morgan fingerprint density at radius 3 is 2.55 bits per heavy atom. The van der Waals surface area contributed by atoms with Crippen LogP contribution in [0.25, 0.3) is 0 Å². The number of hydrogen-bond donors (Lipinski definition) is 1. The van der Waals surface area contributed by atoms with Crippen LogP contribution in [0.3, 0.4) is 0 Å². The Bertz CT molecular complexity index is 1030. The summed E-state index contributed by atoms with van der Waals surface area (Å²) in [6, 6.07) is 12.0. The van der Waals surface area contributed by atoms with E-state index < -0.39 is 10.0 Å². The van der Waals surface area contributed by atoms with Gasteiger partial charge in [0.2, 0.25) is 5.91 Å². The van der Waals surface area contributed by atoms with Crippen LogP contribution in [0.1, 0.15) is 50.5 Å². The molecule has 31 heavy (non-hydrogen) atoms. The minimum absolute atomic E-state index is 0.00720. The van der Waals surface area contributed by atoms with Crippen molar-refractivity contribution in [2.24, 2.45) is 5.92 Å². The van der Waals surface area contributed by atoms with E-state index in [-0.39, 0.29) is 10.8 Å². The summed E-state index contributed by atoms with van der Waals surface area (Å²) >= 11 is 0. The summed E-state index contributed by atoms with van der Waals surface area (Å²) in [4.78, 5) is 12.7. The molecule has 0 aromatic heterocycles. The quantitative estimate of drug-likeness (QED) is 0.672. The molecule has 1 N–H and O–H groups in total. The zero-order valence-electron chi connectivity index (χ0n) is 18.0. The molecule has 1 amide bonds. The van der Waals surface area contributed by atoms with Crippen LogP contribution in [0, 0.1) is 5.92 Å². The molecule has 0 atom stereocenters. The van der Waals surface area contributed by atoms with E-state index in [0.717, 1.165) is 24.8 Å². The van der Waals surface area contributed by atoms with Gasteiger partial charge in [-0.1, -0.05) is 31.7 Å². The van der Waals surface area contributed by atoms with Gasteiger partial charge in [-0.2, -0.15) is 0 Å². The van der Waals surface area contributed by atoms with Crippen LogP contribution in [0.15, 0.2) is 47.4 Å². The molecule has 0 radical (unpaired) electrons. The van der Waals surface area contributed by atoms with Crippen LogP contribution in [0.5, 0.6) is 5.75 Å². The van der Waals surface area contributed by atoms with E-state index in [1.165, 1.54) is 30.0 Å². The highest BCUT2D eigenvalue weighted by Gasteiger charge is 2.29. The first-order valence-electron chi connectivity index (χ1n) is 11.1. The maximum absolute atomic E-state index is 13.3. The van der Waals surface area contributed by atoms with Crippen molar-refractivity contribution in [1.82, 2.24) is 0 Å². The van der Waals surface area contributed by atoms with Crippen LogP contribution < -0.4 is 14.4 Å². The molecule has 0 bridgehead atoms. The number of carbonyl (C=O) groups excluding carboxylic acids is 1. The zero-order valence-corrected chi connectivity index (χ0v) is 18.8. The van der Waals surface area contributed by atoms with Gasteiger partial charge in [0.25, 0.3) is 10.0 Å². The number of methoxy groups -OCH3 is 1. The molecule has 6 nitrogen and oxygen atoms in total. The highest BCUT2D eigenvalue weighted by Crippen LogP contribution is 2.35. The number of rotatable bonds is 7. The molecule has 2 aromatic rings. The Morgan fingerprint density at radius 2 is 1.84 bits per heavy atom. The second-order valence-corrected chi connectivity index (χ2v) is 10.3. The molecule has 1 fully saturated rings. The number of nitrogens with one attached hydrogen (secondary N) is 1. The van der Waals surface area contributed by atoms with E-state index in [1.54, 1.807) is 37.4 Å². The van der Waals surface area contributed by atoms with Gasteiger partial charge in [0.1, 0.15) is 5.75 Å². The molecule has 4 rings (SSSR count). The molecule has 7 heteroatoms. The van der Waals surface area contributed by atoms with Crippen LogP contribution in [0.2, 0.25) is 0 Å². The zero-order chi connectivity index (χ0) is 21.8. The maximum Gasteiger partial charge on any atom is 0.264 e. The lowest BCUT2D eigenvalue weighted by atomic mass is 10.0. The average molecular weight is 443 g/mol. The second kappa shape index (κ2) is 9.30. The Labute approximate surface area is 184 Å². The number of amides is 1. The SMILES string of the molecule is COc1ccc(S(=O)(=O)N2CCCc3ccc(NC(=O)CCC4CCCC4)cc32)cc1. The fourth-order valence-corrected chi connectivity index (χ4v) is 6.13. The summed E-state index contributed by atoms with van der Waals surface area (Å²) in [6.07, 6.45) is 8.01. The Kier molecular flexibility index (Phi) is 6.51. The van der Waals surface area contributed by atoms with Crippen molar-refractivity contribution in [2.45, 2.75) is 56.3 Å². The number of sulfonamides is 1. The molecule has 0 unspecified atom stereocenters. The molecule has 1 aliphatic heterocycles. The Morgan fingerprint density at radius 1 is 1.10 bits per heavy atom. The number of anilines is 2. The van der Waals surface area contributed by atoms with E-state index in [1.807, 2.05) is 12.1 Å². The van der Waals surface area contributed by atoms with Gasteiger partial charge in [-0.25, -0.2) is 8.42 Å². The number of hydrogen-bond acceptors (Lipinski definition) is 4. The summed E-state index contributed by atoms with van der Waals surface area (Å²) in [5, 5.41) is 2.97. The first-order chi connectivity index (χ1) is 15.0. The molecule has 166 valence electrons. The van der Waals surface area contributed by atoms with Crippen molar-refractivity contribution in [3.05, 3.63) is 48.0 Å². The lowest BCUT2D eigenvalue weighted by molar-refractivity contribution is -0.116. The van der Waals surface area contributed by atoms with Gasteiger partial charge in [0.05, 0.1) is 17.7 Å². The van der Waals surface area contributed by atoms with Gasteiger partial charge in [0, 0.05) is 18.7 Å². The number of carbonyl (C=O) groups is 1. The first-order valence-corrected chi connectivity index (χ1v) is 12.5. The summed E-state index contributed by atoms with van der Waals surface area (Å²) in [6.45, 7) is 0.417. The normalized spacial score (nSPS) is 16.7. The number of ether oxygens (including phenoxy) is 1. The molecule has 1 aliphatic carbocycles.